The molecule has 31 heavy (non-hydrogen) atoms. The van der Waals surface area contributed by atoms with Crippen LogP contribution >= 0.6 is 23.2 Å². The van der Waals surface area contributed by atoms with Crippen molar-refractivity contribution in [3.63, 3.8) is 0 Å². The smallest absolute Gasteiger partial charge is 0.232 e. The lowest BCUT2D eigenvalue weighted by Crippen LogP contribution is -2.32. The number of carbonyl (C=O) groups excluding carboxylic acids is 1. The van der Waals surface area contributed by atoms with Crippen LogP contribution in [0.25, 0.3) is 6.08 Å². The number of fused-ring (bicyclic) bond motifs is 2. The van der Waals surface area contributed by atoms with Crippen LogP contribution in [0, 0.1) is 13.8 Å². The highest BCUT2D eigenvalue weighted by molar-refractivity contribution is 6.35. The summed E-state index contributed by atoms with van der Waals surface area (Å²) in [7, 11) is 0. The molecule has 0 bridgehead atoms. The molecule has 0 aliphatic carbocycles. The number of hydrogen-bond donors (Lipinski definition) is 0. The maximum Gasteiger partial charge on any atom is 0.232 e. The third-order valence-corrected chi connectivity index (χ3v) is 6.03. The molecule has 2 aliphatic rings. The van der Waals surface area contributed by atoms with Crippen molar-refractivity contribution < 1.29 is 18.7 Å². The number of halogens is 2. The molecule has 0 saturated carbocycles. The molecule has 0 unspecified atom stereocenters. The average molecular weight is 456 g/mol. The summed E-state index contributed by atoms with van der Waals surface area (Å²) in [6, 6.07) is 11.0. The number of allylic oxidation sites excluding steroid dienone is 1. The fourth-order valence-corrected chi connectivity index (χ4v) is 4.42. The molecular weight excluding hydrogens is 437 g/mol. The van der Waals surface area contributed by atoms with E-state index >= 15 is 0 Å². The van der Waals surface area contributed by atoms with Crippen molar-refractivity contribution in [2.45, 2.75) is 26.9 Å². The van der Waals surface area contributed by atoms with E-state index in [1.165, 1.54) is 0 Å². The summed E-state index contributed by atoms with van der Waals surface area (Å²) in [5, 5.41) is 1.22. The Hall–Kier alpha value is -2.73. The summed E-state index contributed by atoms with van der Waals surface area (Å²) in [6.07, 6.45) is 1.63. The van der Waals surface area contributed by atoms with Crippen LogP contribution in [0.15, 0.2) is 46.6 Å². The molecule has 7 heteroatoms. The van der Waals surface area contributed by atoms with E-state index in [1.807, 2.05) is 44.2 Å². The topological polar surface area (TPSA) is 51.9 Å². The number of aryl methyl sites for hydroxylation is 1. The number of Topliss-reactive ketones (excluding diaryl/α,β-unsaturated/α-hetero) is 1. The number of rotatable bonds is 3. The molecule has 0 N–H and O–H groups in total. The zero-order valence-corrected chi connectivity index (χ0v) is 18.5. The van der Waals surface area contributed by atoms with Gasteiger partial charge < -0.3 is 13.9 Å². The van der Waals surface area contributed by atoms with Crippen LogP contribution in [-0.4, -0.2) is 17.4 Å². The zero-order valence-electron chi connectivity index (χ0n) is 17.0. The van der Waals surface area contributed by atoms with Gasteiger partial charge >= 0.3 is 0 Å². The number of nitrogens with zero attached hydrogens (tertiary/aromatic N) is 1. The Morgan fingerprint density at radius 1 is 1.10 bits per heavy atom. The van der Waals surface area contributed by atoms with Gasteiger partial charge in [-0.25, -0.2) is 0 Å². The van der Waals surface area contributed by atoms with Gasteiger partial charge in [-0.15, -0.1) is 0 Å². The molecule has 5 rings (SSSR count). The highest BCUT2D eigenvalue weighted by atomic mass is 35.5. The predicted octanol–water partition coefficient (Wildman–Crippen LogP) is 6.17. The molecule has 1 aromatic heterocycles. The number of ether oxygens (including phenoxy) is 2. The summed E-state index contributed by atoms with van der Waals surface area (Å²) in [6.45, 7) is 5.42. The van der Waals surface area contributed by atoms with Crippen molar-refractivity contribution in [3.05, 3.63) is 86.0 Å². The predicted molar refractivity (Wildman–Crippen MR) is 119 cm³/mol. The molecule has 158 valence electrons. The summed E-state index contributed by atoms with van der Waals surface area (Å²) in [5.74, 6) is 2.76. The second-order valence-electron chi connectivity index (χ2n) is 7.75. The minimum absolute atomic E-state index is 0.159. The van der Waals surface area contributed by atoms with Crippen LogP contribution < -0.4 is 9.47 Å². The summed E-state index contributed by atoms with van der Waals surface area (Å²) < 4.78 is 17.5. The van der Waals surface area contributed by atoms with Gasteiger partial charge in [-0.3, -0.25) is 9.69 Å². The summed E-state index contributed by atoms with van der Waals surface area (Å²) >= 11 is 12.3. The molecule has 5 nitrogen and oxygen atoms in total. The maximum atomic E-state index is 13.0. The van der Waals surface area contributed by atoms with E-state index in [2.05, 4.69) is 4.90 Å². The first kappa shape index (κ1) is 20.2. The van der Waals surface area contributed by atoms with Crippen LogP contribution in [-0.2, 0) is 13.1 Å². The second-order valence-corrected chi connectivity index (χ2v) is 8.59. The van der Waals surface area contributed by atoms with Crippen molar-refractivity contribution >= 4 is 35.1 Å². The molecule has 2 aliphatic heterocycles. The fraction of sp³-hybridized carbons (Fsp3) is 0.208. The van der Waals surface area contributed by atoms with Crippen LogP contribution in [0.5, 0.6) is 11.5 Å². The van der Waals surface area contributed by atoms with E-state index in [-0.39, 0.29) is 11.5 Å². The number of carbonyl (C=O) groups is 1. The lowest BCUT2D eigenvalue weighted by atomic mass is 10.00. The summed E-state index contributed by atoms with van der Waals surface area (Å²) in [4.78, 5) is 15.1. The average Bonchev–Trinajstić information content (AvgIpc) is 3.28. The maximum absolute atomic E-state index is 13.0. The molecule has 0 fully saturated rings. The molecule has 0 spiro atoms. The minimum Gasteiger partial charge on any atom is -0.477 e. The van der Waals surface area contributed by atoms with Gasteiger partial charge in [-0.05, 0) is 49.7 Å². The van der Waals surface area contributed by atoms with Gasteiger partial charge in [0.05, 0.1) is 5.56 Å². The second kappa shape index (κ2) is 7.75. The lowest BCUT2D eigenvalue weighted by Gasteiger charge is -2.30. The lowest BCUT2D eigenvalue weighted by molar-refractivity contribution is 0.0877. The van der Waals surface area contributed by atoms with E-state index in [1.54, 1.807) is 12.1 Å². The van der Waals surface area contributed by atoms with Crippen molar-refractivity contribution in [1.29, 1.82) is 0 Å². The molecule has 3 heterocycles. The minimum atomic E-state index is -0.159. The Bertz CT molecular complexity index is 1240. The highest BCUT2D eigenvalue weighted by Gasteiger charge is 2.34. The van der Waals surface area contributed by atoms with Gasteiger partial charge in [0.2, 0.25) is 5.78 Å². The Kier molecular flexibility index (Phi) is 5.05. The quantitative estimate of drug-likeness (QED) is 0.441. The third-order valence-electron chi connectivity index (χ3n) is 5.45. The van der Waals surface area contributed by atoms with Crippen molar-refractivity contribution in [2.24, 2.45) is 0 Å². The molecule has 0 radical (unpaired) electrons. The third kappa shape index (κ3) is 3.74. The normalized spacial score (nSPS) is 16.8. The number of furan rings is 1. The first-order valence-electron chi connectivity index (χ1n) is 9.85. The molecule has 0 saturated heterocycles. The summed E-state index contributed by atoms with van der Waals surface area (Å²) in [5.41, 5.74) is 3.28. The van der Waals surface area contributed by atoms with Gasteiger partial charge in [0.15, 0.2) is 5.76 Å². The first-order chi connectivity index (χ1) is 14.9. The van der Waals surface area contributed by atoms with E-state index in [0.29, 0.717) is 46.9 Å². The van der Waals surface area contributed by atoms with Gasteiger partial charge in [0, 0.05) is 40.3 Å². The van der Waals surface area contributed by atoms with Crippen LogP contribution in [0.2, 0.25) is 10.0 Å². The fourth-order valence-electron chi connectivity index (χ4n) is 3.95. The molecule has 2 aromatic carbocycles. The van der Waals surface area contributed by atoms with E-state index < -0.39 is 0 Å². The molecular formula is C24H19Cl2NO4. The largest absolute Gasteiger partial charge is 0.477 e. The first-order valence-corrected chi connectivity index (χ1v) is 10.6. The molecule has 0 amide bonds. The SMILES string of the molecule is Cc1ccc(/C=C2\Oc3c(cc4c(c3C)OCN(Cc3ccc(Cl)cc3Cl)C4)C2=O)o1. The van der Waals surface area contributed by atoms with Crippen molar-refractivity contribution in [1.82, 2.24) is 4.90 Å². The highest BCUT2D eigenvalue weighted by Crippen LogP contribution is 2.43. The van der Waals surface area contributed by atoms with Crippen molar-refractivity contribution in [3.8, 4) is 11.5 Å². The number of ketones is 1. The van der Waals surface area contributed by atoms with Gasteiger partial charge in [0.1, 0.15) is 29.8 Å². The Balaban J connectivity index is 1.42. The number of benzene rings is 2. The Morgan fingerprint density at radius 2 is 1.94 bits per heavy atom. The van der Waals surface area contributed by atoms with Crippen molar-refractivity contribution in [2.75, 3.05) is 6.73 Å². The number of hydrogen-bond acceptors (Lipinski definition) is 5. The van der Waals surface area contributed by atoms with Gasteiger partial charge in [0.25, 0.3) is 0 Å². The zero-order chi connectivity index (χ0) is 21.7. The Morgan fingerprint density at radius 3 is 2.68 bits per heavy atom. The standard InChI is InChI=1S/C24H19Cl2NO4/c1-13-3-6-18(30-13)9-21-22(28)19-7-16-11-27(10-15-4-5-17(25)8-20(15)26)12-29-23(16)14(2)24(19)31-21/h3-9H,10-12H2,1-2H3/b21-9-. The van der Waals surface area contributed by atoms with Crippen LogP contribution in [0.1, 0.15) is 38.6 Å². The molecule has 3 aromatic rings. The van der Waals surface area contributed by atoms with Gasteiger partial charge in [-0.2, -0.15) is 0 Å². The van der Waals surface area contributed by atoms with E-state index in [9.17, 15) is 4.79 Å². The monoisotopic (exact) mass is 455 g/mol. The van der Waals surface area contributed by atoms with E-state index in [4.69, 9.17) is 37.1 Å². The Labute approximate surface area is 189 Å². The molecule has 0 atom stereocenters. The van der Waals surface area contributed by atoms with Crippen LogP contribution in [0.4, 0.5) is 0 Å². The van der Waals surface area contributed by atoms with Crippen LogP contribution in [0.3, 0.4) is 0 Å². The van der Waals surface area contributed by atoms with E-state index in [0.717, 1.165) is 28.2 Å². The van der Waals surface area contributed by atoms with Gasteiger partial charge in [-0.1, -0.05) is 29.3 Å².